The van der Waals surface area contributed by atoms with Gasteiger partial charge in [-0.2, -0.15) is 5.26 Å². The van der Waals surface area contributed by atoms with E-state index in [-0.39, 0.29) is 6.61 Å². The van der Waals surface area contributed by atoms with Crippen LogP contribution < -0.4 is 10.6 Å². The maximum atomic E-state index is 8.94. The topological polar surface area (TPSA) is 73.3 Å². The predicted octanol–water partition coefficient (Wildman–Crippen LogP) is 1.15. The van der Waals surface area contributed by atoms with Crippen LogP contribution in [0, 0.1) is 11.3 Å². The molecular weight excluding hydrogens is 202 g/mol. The highest BCUT2D eigenvalue weighted by molar-refractivity contribution is 5.59. The number of anilines is 2. The number of nitrogens with zero attached hydrogens (tertiary/aromatic N) is 2. The number of hydrogen-bond donors (Lipinski definition) is 2. The standard InChI is InChI=1S/C12H17N3O/c1-2-15(7-8-16)11-3-4-12(14)10(9-11)5-6-13/h3-4,9,16H,2,5,7-8,14H2,1H3. The van der Waals surface area contributed by atoms with Crippen molar-refractivity contribution in [1.82, 2.24) is 0 Å². The van der Waals surface area contributed by atoms with Crippen molar-refractivity contribution in [3.05, 3.63) is 23.8 Å². The van der Waals surface area contributed by atoms with Crippen molar-refractivity contribution in [3.63, 3.8) is 0 Å². The van der Waals surface area contributed by atoms with Crippen LogP contribution in [0.15, 0.2) is 18.2 Å². The predicted molar refractivity (Wildman–Crippen MR) is 65.1 cm³/mol. The smallest absolute Gasteiger partial charge is 0.0670 e. The molecule has 4 nitrogen and oxygen atoms in total. The Morgan fingerprint density at radius 1 is 1.50 bits per heavy atom. The fourth-order valence-electron chi connectivity index (χ4n) is 1.62. The minimum absolute atomic E-state index is 0.117. The lowest BCUT2D eigenvalue weighted by atomic mass is 10.1. The number of nitrogen functional groups attached to an aromatic ring is 1. The highest BCUT2D eigenvalue weighted by Gasteiger charge is 2.06. The molecule has 1 aromatic carbocycles. The zero-order chi connectivity index (χ0) is 12.0. The van der Waals surface area contributed by atoms with Gasteiger partial charge in [0.05, 0.1) is 19.1 Å². The van der Waals surface area contributed by atoms with E-state index in [0.29, 0.717) is 18.7 Å². The molecule has 4 heteroatoms. The number of rotatable bonds is 5. The van der Waals surface area contributed by atoms with Crippen LogP contribution in [0.2, 0.25) is 0 Å². The van der Waals surface area contributed by atoms with Crippen LogP contribution in [-0.4, -0.2) is 24.8 Å². The maximum absolute atomic E-state index is 8.94. The van der Waals surface area contributed by atoms with Crippen LogP contribution in [-0.2, 0) is 6.42 Å². The number of hydrogen-bond acceptors (Lipinski definition) is 4. The van der Waals surface area contributed by atoms with Gasteiger partial charge in [-0.15, -0.1) is 0 Å². The van der Waals surface area contributed by atoms with Crippen LogP contribution in [0.5, 0.6) is 0 Å². The van der Waals surface area contributed by atoms with Crippen LogP contribution in [0.25, 0.3) is 0 Å². The molecule has 1 rings (SSSR count). The van der Waals surface area contributed by atoms with E-state index in [1.165, 1.54) is 0 Å². The summed E-state index contributed by atoms with van der Waals surface area (Å²) in [5, 5.41) is 17.6. The van der Waals surface area contributed by atoms with E-state index in [4.69, 9.17) is 16.1 Å². The Labute approximate surface area is 95.9 Å². The Balaban J connectivity index is 2.96. The Kier molecular flexibility index (Phi) is 4.62. The molecule has 0 fully saturated rings. The summed E-state index contributed by atoms with van der Waals surface area (Å²) in [4.78, 5) is 2.04. The molecule has 0 bridgehead atoms. The number of likely N-dealkylation sites (N-methyl/N-ethyl adjacent to an activating group) is 1. The lowest BCUT2D eigenvalue weighted by molar-refractivity contribution is 0.302. The third kappa shape index (κ3) is 2.88. The molecule has 0 saturated heterocycles. The lowest BCUT2D eigenvalue weighted by Gasteiger charge is -2.22. The normalized spacial score (nSPS) is 9.81. The van der Waals surface area contributed by atoms with Crippen molar-refractivity contribution in [1.29, 1.82) is 5.26 Å². The van der Waals surface area contributed by atoms with Gasteiger partial charge in [0.25, 0.3) is 0 Å². The minimum Gasteiger partial charge on any atom is -0.398 e. The van der Waals surface area contributed by atoms with Gasteiger partial charge >= 0.3 is 0 Å². The third-order valence-electron chi connectivity index (χ3n) is 2.51. The quantitative estimate of drug-likeness (QED) is 0.729. The first-order valence-corrected chi connectivity index (χ1v) is 5.34. The first kappa shape index (κ1) is 12.3. The van der Waals surface area contributed by atoms with Crippen LogP contribution in [0.3, 0.4) is 0 Å². The first-order chi connectivity index (χ1) is 7.72. The monoisotopic (exact) mass is 219 g/mol. The molecule has 0 saturated carbocycles. The number of nitrogens with two attached hydrogens (primary N) is 1. The number of aliphatic hydroxyl groups excluding tert-OH is 1. The van der Waals surface area contributed by atoms with E-state index in [1.54, 1.807) is 0 Å². The van der Waals surface area contributed by atoms with Crippen LogP contribution in [0.4, 0.5) is 11.4 Å². The van der Waals surface area contributed by atoms with E-state index < -0.39 is 0 Å². The molecule has 0 heterocycles. The van der Waals surface area contributed by atoms with Gasteiger partial charge < -0.3 is 15.7 Å². The minimum atomic E-state index is 0.117. The van der Waals surface area contributed by atoms with Crippen molar-refractivity contribution >= 4 is 11.4 Å². The summed E-state index contributed by atoms with van der Waals surface area (Å²) in [5.74, 6) is 0. The second-order valence-electron chi connectivity index (χ2n) is 3.52. The van der Waals surface area contributed by atoms with Gasteiger partial charge in [-0.1, -0.05) is 0 Å². The van der Waals surface area contributed by atoms with Crippen molar-refractivity contribution in [2.45, 2.75) is 13.3 Å². The summed E-state index contributed by atoms with van der Waals surface area (Å²) < 4.78 is 0. The van der Waals surface area contributed by atoms with Crippen molar-refractivity contribution in [2.24, 2.45) is 0 Å². The summed E-state index contributed by atoms with van der Waals surface area (Å²) in [5.41, 5.74) is 8.26. The molecule has 0 aliphatic carbocycles. The van der Waals surface area contributed by atoms with E-state index in [2.05, 4.69) is 6.07 Å². The zero-order valence-corrected chi connectivity index (χ0v) is 9.48. The van der Waals surface area contributed by atoms with E-state index >= 15 is 0 Å². The van der Waals surface area contributed by atoms with Gasteiger partial charge in [0, 0.05) is 24.5 Å². The van der Waals surface area contributed by atoms with E-state index in [9.17, 15) is 0 Å². The molecule has 0 aliphatic heterocycles. The first-order valence-electron chi connectivity index (χ1n) is 5.34. The fourth-order valence-corrected chi connectivity index (χ4v) is 1.62. The van der Waals surface area contributed by atoms with Crippen LogP contribution >= 0.6 is 0 Å². The Morgan fingerprint density at radius 3 is 2.81 bits per heavy atom. The molecule has 0 spiro atoms. The van der Waals surface area contributed by atoms with Gasteiger partial charge in [-0.25, -0.2) is 0 Å². The number of aliphatic hydroxyl groups is 1. The second kappa shape index (κ2) is 5.99. The van der Waals surface area contributed by atoms with E-state index in [0.717, 1.165) is 17.8 Å². The molecule has 0 unspecified atom stereocenters. The van der Waals surface area contributed by atoms with Crippen molar-refractivity contribution in [3.8, 4) is 6.07 Å². The molecular formula is C12H17N3O. The Hall–Kier alpha value is -1.73. The fraction of sp³-hybridized carbons (Fsp3) is 0.417. The highest BCUT2D eigenvalue weighted by Crippen LogP contribution is 2.21. The summed E-state index contributed by atoms with van der Waals surface area (Å²) >= 11 is 0. The molecule has 3 N–H and O–H groups in total. The average Bonchev–Trinajstić information content (AvgIpc) is 2.29. The summed E-state index contributed by atoms with van der Waals surface area (Å²) in [6, 6.07) is 7.73. The number of benzene rings is 1. The Bertz CT molecular complexity index is 384. The molecule has 0 radical (unpaired) electrons. The van der Waals surface area contributed by atoms with Gasteiger partial charge in [0.15, 0.2) is 0 Å². The second-order valence-corrected chi connectivity index (χ2v) is 3.52. The van der Waals surface area contributed by atoms with Gasteiger partial charge in [-0.3, -0.25) is 0 Å². The summed E-state index contributed by atoms with van der Waals surface area (Å²) in [7, 11) is 0. The third-order valence-corrected chi connectivity index (χ3v) is 2.51. The Morgan fingerprint density at radius 2 is 2.25 bits per heavy atom. The molecule has 0 aliphatic rings. The SMILES string of the molecule is CCN(CCO)c1ccc(N)c(CC#N)c1. The summed E-state index contributed by atoms with van der Waals surface area (Å²) in [6.45, 7) is 3.55. The molecule has 16 heavy (non-hydrogen) atoms. The van der Waals surface area contributed by atoms with Crippen molar-refractivity contribution in [2.75, 3.05) is 30.3 Å². The van der Waals surface area contributed by atoms with Crippen molar-refractivity contribution < 1.29 is 5.11 Å². The van der Waals surface area contributed by atoms with E-state index in [1.807, 2.05) is 30.0 Å². The largest absolute Gasteiger partial charge is 0.398 e. The molecule has 0 aromatic heterocycles. The summed E-state index contributed by atoms with van der Waals surface area (Å²) in [6.07, 6.45) is 0.316. The molecule has 86 valence electrons. The number of nitriles is 1. The van der Waals surface area contributed by atoms with Gasteiger partial charge in [0.2, 0.25) is 0 Å². The lowest BCUT2D eigenvalue weighted by Crippen LogP contribution is -2.26. The van der Waals surface area contributed by atoms with Gasteiger partial charge in [-0.05, 0) is 30.7 Å². The molecule has 1 aromatic rings. The van der Waals surface area contributed by atoms with Crippen LogP contribution in [0.1, 0.15) is 12.5 Å². The highest BCUT2D eigenvalue weighted by atomic mass is 16.3. The van der Waals surface area contributed by atoms with Gasteiger partial charge in [0.1, 0.15) is 0 Å². The zero-order valence-electron chi connectivity index (χ0n) is 9.48. The molecule has 0 atom stereocenters. The maximum Gasteiger partial charge on any atom is 0.0670 e. The average molecular weight is 219 g/mol. The molecule has 0 amide bonds.